The highest BCUT2D eigenvalue weighted by atomic mass is 16.8. The number of carbonyl (C=O) groups is 4. The predicted octanol–water partition coefficient (Wildman–Crippen LogP) is -7.63. The molecule has 0 bridgehead atoms. The molecule has 4 aliphatic rings. The summed E-state index contributed by atoms with van der Waals surface area (Å²) in [6.07, 6.45) is -30.3. The zero-order valence-corrected chi connectivity index (χ0v) is 38.2. The van der Waals surface area contributed by atoms with Crippen molar-refractivity contribution in [3.05, 3.63) is 0 Å². The summed E-state index contributed by atoms with van der Waals surface area (Å²) in [5.74, 6) is -7.29. The van der Waals surface area contributed by atoms with Gasteiger partial charge in [0, 0.05) is 33.3 Å². The molecule has 0 saturated carbocycles. The van der Waals surface area contributed by atoms with E-state index in [1.165, 1.54) is 14.0 Å². The first kappa shape index (κ1) is 57.7. The number of carboxylic acids is 1. The van der Waals surface area contributed by atoms with Crippen LogP contribution in [0.1, 0.15) is 72.1 Å². The van der Waals surface area contributed by atoms with Crippen LogP contribution in [0.4, 0.5) is 0 Å². The maximum Gasteiger partial charge on any atom is 0.305 e. The van der Waals surface area contributed by atoms with E-state index in [0.29, 0.717) is 25.7 Å². The van der Waals surface area contributed by atoms with Crippen LogP contribution >= 0.6 is 0 Å². The summed E-state index contributed by atoms with van der Waals surface area (Å²) in [6, 6.07) is -3.07. The Bertz CT molecular complexity index is 1600. The van der Waals surface area contributed by atoms with Crippen LogP contribution in [0.25, 0.3) is 0 Å². The number of carboxylic acid groups (broad SMARTS) is 1. The molecule has 394 valence electrons. The molecule has 0 unspecified atom stereocenters. The molecule has 4 rings (SSSR count). The average Bonchev–Trinajstić information content (AvgIpc) is 3.30. The molecular weight excluding hydrogens is 920 g/mol. The fourth-order valence-electron chi connectivity index (χ4n) is 8.49. The van der Waals surface area contributed by atoms with Crippen molar-refractivity contribution in [2.24, 2.45) is 0 Å². The van der Waals surface area contributed by atoms with E-state index in [1.807, 2.05) is 0 Å². The van der Waals surface area contributed by atoms with Gasteiger partial charge >= 0.3 is 5.97 Å². The Labute approximate surface area is 391 Å². The standard InChI is InChI=1S/C41H70N2O25/c1-17-27(52)30(55)31(56)38(62-17)66-35-26(43-19(3)48)37(61-12-10-8-6-5-7-9-11-24(51)60-4)64-23(16-46)33(35)65-39-32(57)36(29(54)22(15-45)63-39)68-41(40(58)59)13-20(49)25(42-18(2)47)34(67-41)28(53)21(50)14-44/h17,20-23,25-39,44-46,49-50,52-57H,5-16H2,1-4H3,(H,42,47)(H,43,48)(H,58,59)/p-1/t17-,20-,21+,22+,23+,25+,26+,27+,28+,29-,30+,31-,32+,33+,34+,35+,36-,37+,38-,39-,41-/m0/s1. The van der Waals surface area contributed by atoms with Gasteiger partial charge in [-0.2, -0.15) is 0 Å². The molecule has 4 aliphatic heterocycles. The van der Waals surface area contributed by atoms with Crippen LogP contribution in [0.5, 0.6) is 0 Å². The van der Waals surface area contributed by atoms with Crippen molar-refractivity contribution in [1.82, 2.24) is 10.6 Å². The highest BCUT2D eigenvalue weighted by molar-refractivity contribution is 5.75. The average molecular weight is 990 g/mol. The van der Waals surface area contributed by atoms with Gasteiger partial charge in [0.05, 0.1) is 45.2 Å². The highest BCUT2D eigenvalue weighted by Crippen LogP contribution is 2.39. The first-order chi connectivity index (χ1) is 32.1. The summed E-state index contributed by atoms with van der Waals surface area (Å²) in [5.41, 5.74) is 0. The molecule has 0 spiro atoms. The van der Waals surface area contributed by atoms with Gasteiger partial charge in [0.15, 0.2) is 18.9 Å². The van der Waals surface area contributed by atoms with Gasteiger partial charge in [-0.15, -0.1) is 0 Å². The van der Waals surface area contributed by atoms with Crippen molar-refractivity contribution in [2.45, 2.75) is 200 Å². The summed E-state index contributed by atoms with van der Waals surface area (Å²) < 4.78 is 51.9. The molecule has 0 radical (unpaired) electrons. The van der Waals surface area contributed by atoms with Gasteiger partial charge in [-0.3, -0.25) is 14.4 Å². The lowest BCUT2D eigenvalue weighted by Crippen LogP contribution is -2.72. The van der Waals surface area contributed by atoms with E-state index in [4.69, 9.17) is 37.9 Å². The van der Waals surface area contributed by atoms with Gasteiger partial charge in [-0.1, -0.05) is 25.7 Å². The minimum Gasteiger partial charge on any atom is -0.544 e. The van der Waals surface area contributed by atoms with Gasteiger partial charge in [-0.05, 0) is 19.8 Å². The van der Waals surface area contributed by atoms with E-state index in [1.54, 1.807) is 0 Å². The molecule has 4 heterocycles. The second-order valence-electron chi connectivity index (χ2n) is 17.3. The van der Waals surface area contributed by atoms with Gasteiger partial charge in [0.1, 0.15) is 91.4 Å². The number of methoxy groups -OCH3 is 1. The lowest BCUT2D eigenvalue weighted by molar-refractivity contribution is -0.412. The van der Waals surface area contributed by atoms with Crippen LogP contribution in [0.2, 0.25) is 0 Å². The fourth-order valence-corrected chi connectivity index (χ4v) is 8.49. The Hall–Kier alpha value is -2.88. The predicted molar refractivity (Wildman–Crippen MR) is 218 cm³/mol. The Balaban J connectivity index is 1.66. The van der Waals surface area contributed by atoms with E-state index < -0.39 is 172 Å². The number of ether oxygens (including phenoxy) is 9. The highest BCUT2D eigenvalue weighted by Gasteiger charge is 2.59. The molecule has 4 fully saturated rings. The number of unbranched alkanes of at least 4 members (excludes halogenated alkanes) is 5. The Morgan fingerprint density at radius 1 is 0.706 bits per heavy atom. The quantitative estimate of drug-likeness (QED) is 0.0315. The Morgan fingerprint density at radius 3 is 1.87 bits per heavy atom. The largest absolute Gasteiger partial charge is 0.544 e. The molecule has 0 aromatic rings. The molecule has 21 atom stereocenters. The van der Waals surface area contributed by atoms with E-state index in [2.05, 4.69) is 15.4 Å². The van der Waals surface area contributed by atoms with E-state index in [0.717, 1.165) is 33.1 Å². The van der Waals surface area contributed by atoms with Crippen molar-refractivity contribution >= 4 is 23.8 Å². The number of aliphatic hydroxyl groups is 11. The van der Waals surface area contributed by atoms with Crippen LogP contribution in [0, 0.1) is 0 Å². The normalized spacial score (nSPS) is 39.6. The first-order valence-electron chi connectivity index (χ1n) is 22.5. The Morgan fingerprint density at radius 2 is 1.28 bits per heavy atom. The summed E-state index contributed by atoms with van der Waals surface area (Å²) in [6.45, 7) is 0.453. The molecule has 0 aromatic carbocycles. The molecule has 0 aliphatic carbocycles. The van der Waals surface area contributed by atoms with Gasteiger partial charge in [0.2, 0.25) is 17.6 Å². The van der Waals surface area contributed by atoms with Gasteiger partial charge in [-0.25, -0.2) is 0 Å². The van der Waals surface area contributed by atoms with Crippen LogP contribution in [0.15, 0.2) is 0 Å². The number of nitrogens with one attached hydrogen (secondary N) is 2. The number of hydrogen-bond acceptors (Lipinski definition) is 25. The third-order valence-corrected chi connectivity index (χ3v) is 12.2. The third kappa shape index (κ3) is 14.4. The number of amides is 2. The summed E-state index contributed by atoms with van der Waals surface area (Å²) >= 11 is 0. The molecule has 68 heavy (non-hydrogen) atoms. The second-order valence-corrected chi connectivity index (χ2v) is 17.3. The van der Waals surface area contributed by atoms with Gasteiger partial charge < -0.3 is 119 Å². The van der Waals surface area contributed by atoms with E-state index in [-0.39, 0.29) is 12.6 Å². The van der Waals surface area contributed by atoms with Crippen LogP contribution < -0.4 is 15.7 Å². The number of esters is 1. The third-order valence-electron chi connectivity index (χ3n) is 12.2. The van der Waals surface area contributed by atoms with Crippen molar-refractivity contribution in [3.8, 4) is 0 Å². The van der Waals surface area contributed by atoms with Gasteiger partial charge in [0.25, 0.3) is 0 Å². The maximum absolute atomic E-state index is 12.9. The van der Waals surface area contributed by atoms with E-state index >= 15 is 0 Å². The molecule has 4 saturated heterocycles. The molecule has 27 heteroatoms. The minimum absolute atomic E-state index is 0.0305. The zero-order valence-electron chi connectivity index (χ0n) is 38.2. The molecular formula is C41H69N2O25-. The number of aliphatic carboxylic acids is 1. The summed E-state index contributed by atoms with van der Waals surface area (Å²) in [5, 5.41) is 136. The topological polar surface area (TPSA) is 421 Å². The number of carbonyl (C=O) groups excluding carboxylic acids is 4. The van der Waals surface area contributed by atoms with E-state index in [9.17, 15) is 80.5 Å². The minimum atomic E-state index is -3.24. The smallest absolute Gasteiger partial charge is 0.305 e. The zero-order chi connectivity index (χ0) is 50.6. The number of aliphatic hydroxyl groups excluding tert-OH is 11. The number of rotatable bonds is 24. The molecule has 27 nitrogen and oxygen atoms in total. The lowest BCUT2D eigenvalue weighted by Gasteiger charge is -2.53. The molecule has 2 amide bonds. The maximum atomic E-state index is 12.9. The summed E-state index contributed by atoms with van der Waals surface area (Å²) in [4.78, 5) is 49.1. The summed E-state index contributed by atoms with van der Waals surface area (Å²) in [7, 11) is 1.31. The fraction of sp³-hybridized carbons (Fsp3) is 0.902. The second kappa shape index (κ2) is 26.5. The van der Waals surface area contributed by atoms with Crippen molar-refractivity contribution in [2.75, 3.05) is 33.5 Å². The first-order valence-corrected chi connectivity index (χ1v) is 22.5. The lowest BCUT2D eigenvalue weighted by atomic mass is 9.88. The SMILES string of the molecule is COC(=O)CCCCCCCCO[C@@H]1O[C@H](CO)[C@@H](O[C@@H]2O[C@H](CO)[C@H](O)[C@H](O[C@]3(C(=O)[O-])C[C@H](O)[C@@H](NC(C)=O)[C@H]([C@H](O)[C@H](O)CO)O3)[C@H]2O)[C@H](O[C@@H]2O[C@@H](C)[C@@H](O)[C@@H](O)[C@@H]2O)[C@H]1NC(C)=O. The van der Waals surface area contributed by atoms with Crippen LogP contribution in [-0.2, 0) is 61.8 Å². The number of hydrogen-bond donors (Lipinski definition) is 13. The monoisotopic (exact) mass is 989 g/mol. The van der Waals surface area contributed by atoms with Crippen molar-refractivity contribution in [1.29, 1.82) is 0 Å². The molecule has 13 N–H and O–H groups in total. The Kier molecular flexibility index (Phi) is 22.5. The van der Waals surface area contributed by atoms with Crippen LogP contribution in [0.3, 0.4) is 0 Å². The van der Waals surface area contributed by atoms with Crippen LogP contribution in [-0.4, -0.2) is 242 Å². The van der Waals surface area contributed by atoms with Crippen molar-refractivity contribution in [3.63, 3.8) is 0 Å². The molecule has 0 aromatic heterocycles. The van der Waals surface area contributed by atoms with Crippen molar-refractivity contribution < 1.29 is 123 Å².